The lowest BCUT2D eigenvalue weighted by Gasteiger charge is -2.12. The van der Waals surface area contributed by atoms with E-state index in [1.165, 1.54) is 0 Å². The first kappa shape index (κ1) is 17.5. The van der Waals surface area contributed by atoms with Gasteiger partial charge in [-0.15, -0.1) is 0 Å². The van der Waals surface area contributed by atoms with E-state index in [4.69, 9.17) is 16.3 Å². The molecule has 0 radical (unpaired) electrons. The summed E-state index contributed by atoms with van der Waals surface area (Å²) in [6.07, 6.45) is 5.32. The molecule has 136 valence electrons. The molecule has 27 heavy (non-hydrogen) atoms. The monoisotopic (exact) mass is 378 g/mol. The molecule has 4 rings (SSSR count). The van der Waals surface area contributed by atoms with Gasteiger partial charge in [-0.1, -0.05) is 23.7 Å². The molecule has 0 aliphatic carbocycles. The average molecular weight is 379 g/mol. The predicted molar refractivity (Wildman–Crippen MR) is 109 cm³/mol. The van der Waals surface area contributed by atoms with Crippen molar-refractivity contribution in [3.8, 4) is 28.1 Å². The maximum Gasteiger partial charge on any atom is 0.146 e. The molecule has 3 heterocycles. The zero-order chi connectivity index (χ0) is 18.6. The first-order chi connectivity index (χ1) is 13.3. The Morgan fingerprint density at radius 1 is 1.11 bits per heavy atom. The predicted octanol–water partition coefficient (Wildman–Crippen LogP) is 4.54. The van der Waals surface area contributed by atoms with Gasteiger partial charge in [-0.25, -0.2) is 0 Å². The lowest BCUT2D eigenvalue weighted by molar-refractivity contribution is 0.318. The normalized spacial score (nSPS) is 11.0. The number of aromatic nitrogens is 3. The van der Waals surface area contributed by atoms with Crippen LogP contribution in [0.25, 0.3) is 33.4 Å². The Bertz CT molecular complexity index is 1060. The van der Waals surface area contributed by atoms with E-state index in [0.717, 1.165) is 45.7 Å². The molecule has 0 spiro atoms. The maximum atomic E-state index is 6.09. The van der Waals surface area contributed by atoms with E-state index in [1.54, 1.807) is 18.6 Å². The summed E-state index contributed by atoms with van der Waals surface area (Å²) in [4.78, 5) is 12.3. The van der Waals surface area contributed by atoms with Gasteiger partial charge in [0.2, 0.25) is 0 Å². The molecule has 0 atom stereocenters. The van der Waals surface area contributed by atoms with Crippen LogP contribution in [0.3, 0.4) is 0 Å². The van der Waals surface area contributed by atoms with Crippen LogP contribution < -0.4 is 10.1 Å². The molecule has 2 N–H and O–H groups in total. The quantitative estimate of drug-likeness (QED) is 0.483. The Morgan fingerprint density at radius 3 is 2.78 bits per heavy atom. The van der Waals surface area contributed by atoms with Gasteiger partial charge in [0.15, 0.2) is 0 Å². The number of ether oxygens (including phenoxy) is 1. The number of nitrogens with one attached hydrogen (secondary N) is 2. The van der Waals surface area contributed by atoms with Gasteiger partial charge in [0, 0.05) is 35.1 Å². The Balaban J connectivity index is 1.90. The molecule has 6 heteroatoms. The number of hydrogen-bond acceptors (Lipinski definition) is 4. The number of halogens is 1. The van der Waals surface area contributed by atoms with Crippen molar-refractivity contribution >= 4 is 22.6 Å². The van der Waals surface area contributed by atoms with Crippen LogP contribution in [0.15, 0.2) is 61.1 Å². The molecule has 0 aliphatic rings. The van der Waals surface area contributed by atoms with Crippen molar-refractivity contribution in [2.24, 2.45) is 0 Å². The van der Waals surface area contributed by atoms with Crippen LogP contribution in [0.1, 0.15) is 0 Å². The van der Waals surface area contributed by atoms with Gasteiger partial charge in [-0.2, -0.15) is 0 Å². The van der Waals surface area contributed by atoms with Crippen LogP contribution in [-0.2, 0) is 0 Å². The summed E-state index contributed by atoms with van der Waals surface area (Å²) in [7, 11) is 1.90. The van der Waals surface area contributed by atoms with Crippen LogP contribution >= 0.6 is 11.6 Å². The Labute approximate surface area is 162 Å². The number of benzene rings is 1. The van der Waals surface area contributed by atoms with Gasteiger partial charge in [0.05, 0.1) is 22.9 Å². The number of hydrogen-bond donors (Lipinski definition) is 2. The van der Waals surface area contributed by atoms with Gasteiger partial charge in [-0.05, 0) is 42.9 Å². The highest BCUT2D eigenvalue weighted by Gasteiger charge is 2.19. The maximum absolute atomic E-state index is 6.09. The minimum atomic E-state index is 0.559. The molecule has 0 bridgehead atoms. The summed E-state index contributed by atoms with van der Waals surface area (Å²) in [6, 6.07) is 13.7. The summed E-state index contributed by atoms with van der Waals surface area (Å²) in [5, 5.41) is 3.79. The molecule has 1 aromatic carbocycles. The van der Waals surface area contributed by atoms with Crippen molar-refractivity contribution in [3.63, 3.8) is 0 Å². The van der Waals surface area contributed by atoms with Gasteiger partial charge in [0.1, 0.15) is 12.4 Å². The lowest BCUT2D eigenvalue weighted by Crippen LogP contribution is -2.16. The number of pyridine rings is 2. The Morgan fingerprint density at radius 2 is 1.96 bits per heavy atom. The fourth-order valence-electron chi connectivity index (χ4n) is 3.09. The zero-order valence-electron chi connectivity index (χ0n) is 14.9. The molecular formula is C21H19ClN4O. The van der Waals surface area contributed by atoms with Crippen molar-refractivity contribution in [3.05, 3.63) is 66.1 Å². The van der Waals surface area contributed by atoms with E-state index in [-0.39, 0.29) is 0 Å². The molecule has 0 fully saturated rings. The zero-order valence-corrected chi connectivity index (χ0v) is 15.6. The average Bonchev–Trinajstić information content (AvgIpc) is 3.08. The van der Waals surface area contributed by atoms with Gasteiger partial charge in [-0.3, -0.25) is 9.97 Å². The second kappa shape index (κ2) is 7.78. The van der Waals surface area contributed by atoms with E-state index < -0.39 is 0 Å². The molecule has 3 aromatic heterocycles. The highest BCUT2D eigenvalue weighted by Crippen LogP contribution is 2.40. The van der Waals surface area contributed by atoms with Crippen LogP contribution in [0, 0.1) is 0 Å². The van der Waals surface area contributed by atoms with Crippen LogP contribution in [0.2, 0.25) is 5.02 Å². The largest absolute Gasteiger partial charge is 0.490 e. The van der Waals surface area contributed by atoms with Gasteiger partial charge < -0.3 is 15.0 Å². The topological polar surface area (TPSA) is 62.8 Å². The van der Waals surface area contributed by atoms with E-state index >= 15 is 0 Å². The molecular weight excluding hydrogens is 360 g/mol. The Hall–Kier alpha value is -2.89. The SMILES string of the molecule is CNCCOc1cnccc1-c1[nH]c2cccnc2c1-c1ccc(Cl)cc1. The third-order valence-electron chi connectivity index (χ3n) is 4.35. The Kier molecular flexibility index (Phi) is 5.05. The summed E-state index contributed by atoms with van der Waals surface area (Å²) in [5.41, 5.74) is 5.84. The van der Waals surface area contributed by atoms with E-state index in [1.807, 2.05) is 49.5 Å². The van der Waals surface area contributed by atoms with Gasteiger partial charge in [0.25, 0.3) is 0 Å². The number of rotatable bonds is 6. The van der Waals surface area contributed by atoms with E-state index in [9.17, 15) is 0 Å². The number of likely N-dealkylation sites (N-methyl/N-ethyl adjacent to an activating group) is 1. The van der Waals surface area contributed by atoms with Gasteiger partial charge >= 0.3 is 0 Å². The van der Waals surface area contributed by atoms with Crippen molar-refractivity contribution in [2.75, 3.05) is 20.2 Å². The summed E-state index contributed by atoms with van der Waals surface area (Å²) in [5.74, 6) is 0.731. The van der Waals surface area contributed by atoms with E-state index in [0.29, 0.717) is 11.6 Å². The summed E-state index contributed by atoms with van der Waals surface area (Å²) in [6.45, 7) is 1.32. The minimum absolute atomic E-state index is 0.559. The molecule has 0 aliphatic heterocycles. The third-order valence-corrected chi connectivity index (χ3v) is 4.60. The molecule has 0 saturated heterocycles. The number of aromatic amines is 1. The fourth-order valence-corrected chi connectivity index (χ4v) is 3.21. The lowest BCUT2D eigenvalue weighted by atomic mass is 10.0. The second-order valence-electron chi connectivity index (χ2n) is 6.11. The van der Waals surface area contributed by atoms with Crippen molar-refractivity contribution in [1.82, 2.24) is 20.3 Å². The van der Waals surface area contributed by atoms with E-state index in [2.05, 4.69) is 20.3 Å². The third kappa shape index (κ3) is 3.52. The highest BCUT2D eigenvalue weighted by atomic mass is 35.5. The van der Waals surface area contributed by atoms with Crippen LogP contribution in [0.5, 0.6) is 5.75 Å². The second-order valence-corrected chi connectivity index (χ2v) is 6.54. The van der Waals surface area contributed by atoms with Crippen LogP contribution in [0.4, 0.5) is 0 Å². The molecule has 0 saturated carbocycles. The number of H-pyrrole nitrogens is 1. The van der Waals surface area contributed by atoms with Crippen LogP contribution in [-0.4, -0.2) is 35.2 Å². The molecule has 5 nitrogen and oxygen atoms in total. The molecule has 4 aromatic rings. The minimum Gasteiger partial charge on any atom is -0.490 e. The summed E-state index contributed by atoms with van der Waals surface area (Å²) < 4.78 is 5.95. The fraction of sp³-hybridized carbons (Fsp3) is 0.143. The molecule has 0 unspecified atom stereocenters. The van der Waals surface area contributed by atoms with Crippen molar-refractivity contribution < 1.29 is 4.74 Å². The number of fused-ring (bicyclic) bond motifs is 1. The highest BCUT2D eigenvalue weighted by molar-refractivity contribution is 6.30. The first-order valence-electron chi connectivity index (χ1n) is 8.72. The van der Waals surface area contributed by atoms with Crippen molar-refractivity contribution in [2.45, 2.75) is 0 Å². The van der Waals surface area contributed by atoms with Crippen molar-refractivity contribution in [1.29, 1.82) is 0 Å². The standard InChI is InChI=1S/C21H19ClN4O/c1-23-11-12-27-18-13-24-10-8-16(18)20-19(14-4-6-15(22)7-5-14)21-17(26-20)3-2-9-25-21/h2-10,13,23,26H,11-12H2,1H3. The first-order valence-corrected chi connectivity index (χ1v) is 9.10. The summed E-state index contributed by atoms with van der Waals surface area (Å²) >= 11 is 6.09. The molecule has 0 amide bonds. The number of nitrogens with zero attached hydrogens (tertiary/aromatic N) is 2. The smallest absolute Gasteiger partial charge is 0.146 e.